The molecule has 0 spiro atoms. The number of pyridine rings is 2. The second-order valence-corrected chi connectivity index (χ2v) is 8.39. The zero-order chi connectivity index (χ0) is 24.7. The third-order valence-electron chi connectivity index (χ3n) is 3.70. The summed E-state index contributed by atoms with van der Waals surface area (Å²) < 4.78 is 29.7. The van der Waals surface area contributed by atoms with Crippen molar-refractivity contribution in [1.29, 1.82) is 0 Å². The Kier molecular flexibility index (Phi) is 9.76. The van der Waals surface area contributed by atoms with Crippen LogP contribution in [0.5, 0.6) is 11.5 Å². The highest BCUT2D eigenvalue weighted by atomic mass is 31.2. The first-order valence-corrected chi connectivity index (χ1v) is 11.4. The molecular formula is C16H20N2O12P2. The van der Waals surface area contributed by atoms with Crippen molar-refractivity contribution in [2.75, 3.05) is 0 Å². The summed E-state index contributed by atoms with van der Waals surface area (Å²) in [5.41, 5.74) is 0.467. The molecule has 0 fully saturated rings. The molecule has 0 saturated heterocycles. The number of hydrogen-bond acceptors (Lipinski definition) is 10. The summed E-state index contributed by atoms with van der Waals surface area (Å²) in [7, 11) is -9.38. The number of carbonyl (C=O) groups is 2. The van der Waals surface area contributed by atoms with Gasteiger partial charge in [-0.3, -0.25) is 33.9 Å². The average Bonchev–Trinajstić information content (AvgIpc) is 2.69. The molecule has 176 valence electrons. The zero-order valence-electron chi connectivity index (χ0n) is 16.6. The number of phosphoric acid groups is 2. The molecule has 2 heterocycles. The standard InChI is InChI=1S/2C8H10NO6P/c1-5-8(11)7(3-10)6(2-9-5)4-15-16(12,13)14;1-5-8(15-16(12,13)14)7(4-11)6(3-10)2-9-5/h2-3,11H,4H2,1H3,(H2,12,13,14);2,4,10H,3H2,1H3,(H2,12,13,14). The molecule has 6 N–H and O–H groups in total. The van der Waals surface area contributed by atoms with E-state index in [1.54, 1.807) is 0 Å². The van der Waals surface area contributed by atoms with Gasteiger partial charge >= 0.3 is 15.6 Å². The molecule has 0 saturated carbocycles. The fourth-order valence-electron chi connectivity index (χ4n) is 2.19. The molecule has 2 aromatic rings. The molecule has 0 aliphatic rings. The van der Waals surface area contributed by atoms with E-state index in [-0.39, 0.29) is 45.1 Å². The monoisotopic (exact) mass is 494 g/mol. The Morgan fingerprint density at radius 2 is 1.44 bits per heavy atom. The highest BCUT2D eigenvalue weighted by Crippen LogP contribution is 2.40. The quantitative estimate of drug-likeness (QED) is 0.219. The fourth-order valence-corrected chi connectivity index (χ4v) is 2.96. The van der Waals surface area contributed by atoms with E-state index in [2.05, 4.69) is 19.0 Å². The Labute approximate surface area is 181 Å². The summed E-state index contributed by atoms with van der Waals surface area (Å²) in [6.07, 6.45) is 3.19. The second-order valence-electron chi connectivity index (χ2n) is 5.98. The van der Waals surface area contributed by atoms with Crippen molar-refractivity contribution in [2.45, 2.75) is 27.1 Å². The van der Waals surface area contributed by atoms with Gasteiger partial charge in [0.25, 0.3) is 0 Å². The lowest BCUT2D eigenvalue weighted by molar-refractivity contribution is 0.111. The molecule has 2 rings (SSSR count). The Hall–Kier alpha value is -2.54. The molecule has 14 nitrogen and oxygen atoms in total. The minimum atomic E-state index is -4.77. The highest BCUT2D eigenvalue weighted by molar-refractivity contribution is 7.46. The maximum absolute atomic E-state index is 10.8. The largest absolute Gasteiger partial charge is 0.524 e. The van der Waals surface area contributed by atoms with E-state index < -0.39 is 28.9 Å². The van der Waals surface area contributed by atoms with Gasteiger partial charge in [-0.15, -0.1) is 0 Å². The molecule has 0 aliphatic carbocycles. The van der Waals surface area contributed by atoms with Crippen molar-refractivity contribution in [1.82, 2.24) is 9.97 Å². The van der Waals surface area contributed by atoms with Crippen LogP contribution in [0.3, 0.4) is 0 Å². The van der Waals surface area contributed by atoms with Gasteiger partial charge in [0.1, 0.15) is 5.75 Å². The number of aliphatic hydroxyl groups excluding tert-OH is 1. The van der Waals surface area contributed by atoms with E-state index in [1.165, 1.54) is 26.2 Å². The van der Waals surface area contributed by atoms with Crippen molar-refractivity contribution in [3.05, 3.63) is 46.0 Å². The molecule has 0 amide bonds. The Balaban J connectivity index is 0.000000320. The number of aromatic nitrogens is 2. The average molecular weight is 494 g/mol. The van der Waals surface area contributed by atoms with Crippen LogP contribution < -0.4 is 4.52 Å². The van der Waals surface area contributed by atoms with Crippen LogP contribution >= 0.6 is 15.6 Å². The number of carbonyl (C=O) groups excluding carboxylic acids is 2. The smallest absolute Gasteiger partial charge is 0.505 e. The van der Waals surface area contributed by atoms with Gasteiger partial charge in [-0.05, 0) is 13.8 Å². The van der Waals surface area contributed by atoms with Gasteiger partial charge in [-0.2, -0.15) is 0 Å². The Morgan fingerprint density at radius 3 is 1.91 bits per heavy atom. The number of phosphoric ester groups is 2. The Morgan fingerprint density at radius 1 is 0.906 bits per heavy atom. The van der Waals surface area contributed by atoms with E-state index in [1.807, 2.05) is 0 Å². The van der Waals surface area contributed by atoms with Gasteiger partial charge in [-0.1, -0.05) is 0 Å². The number of rotatable bonds is 8. The van der Waals surface area contributed by atoms with Crippen molar-refractivity contribution < 1.29 is 57.6 Å². The number of aryl methyl sites for hydroxylation is 2. The van der Waals surface area contributed by atoms with Gasteiger partial charge in [0.15, 0.2) is 18.3 Å². The molecule has 0 atom stereocenters. The molecule has 2 aromatic heterocycles. The predicted octanol–water partition coefficient (Wildman–Crippen LogP) is 0.684. The van der Waals surface area contributed by atoms with Crippen LogP contribution in [-0.4, -0.2) is 52.3 Å². The van der Waals surface area contributed by atoms with Crippen LogP contribution in [0.15, 0.2) is 12.4 Å². The maximum Gasteiger partial charge on any atom is 0.524 e. The molecule has 32 heavy (non-hydrogen) atoms. The molecule has 0 unspecified atom stereocenters. The SMILES string of the molecule is Cc1ncc(CO)c(C=O)c1OP(=O)(O)O.Cc1ncc(COP(=O)(O)O)c(C=O)c1O. The van der Waals surface area contributed by atoms with Crippen molar-refractivity contribution in [2.24, 2.45) is 0 Å². The lowest BCUT2D eigenvalue weighted by Crippen LogP contribution is -2.03. The van der Waals surface area contributed by atoms with Crippen LogP contribution in [0, 0.1) is 13.8 Å². The maximum atomic E-state index is 10.8. The van der Waals surface area contributed by atoms with Gasteiger partial charge in [0, 0.05) is 23.5 Å². The van der Waals surface area contributed by atoms with E-state index in [0.29, 0.717) is 12.6 Å². The number of aldehydes is 2. The van der Waals surface area contributed by atoms with Crippen molar-refractivity contribution >= 4 is 28.2 Å². The van der Waals surface area contributed by atoms with E-state index in [4.69, 9.17) is 24.7 Å². The minimum absolute atomic E-state index is 0.0825. The summed E-state index contributed by atoms with van der Waals surface area (Å²) in [4.78, 5) is 63.3. The molecule has 0 aromatic carbocycles. The molecule has 0 radical (unpaired) electrons. The second kappa shape index (κ2) is 11.4. The van der Waals surface area contributed by atoms with Gasteiger partial charge in [0.05, 0.1) is 35.7 Å². The first kappa shape index (κ1) is 27.5. The first-order valence-electron chi connectivity index (χ1n) is 8.36. The van der Waals surface area contributed by atoms with Crippen LogP contribution in [0.2, 0.25) is 0 Å². The van der Waals surface area contributed by atoms with Crippen molar-refractivity contribution in [3.63, 3.8) is 0 Å². The highest BCUT2D eigenvalue weighted by Gasteiger charge is 2.22. The van der Waals surface area contributed by atoms with Crippen LogP contribution in [0.1, 0.15) is 43.2 Å². The van der Waals surface area contributed by atoms with E-state index in [9.17, 15) is 23.8 Å². The predicted molar refractivity (Wildman–Crippen MR) is 106 cm³/mol. The van der Waals surface area contributed by atoms with E-state index in [0.717, 1.165) is 0 Å². The zero-order valence-corrected chi connectivity index (χ0v) is 18.4. The summed E-state index contributed by atoms with van der Waals surface area (Å²) in [5.74, 6) is -0.628. The first-order chi connectivity index (χ1) is 14.7. The molecule has 0 aliphatic heterocycles. The summed E-state index contributed by atoms with van der Waals surface area (Å²) in [6.45, 7) is 1.95. The summed E-state index contributed by atoms with van der Waals surface area (Å²) in [5, 5.41) is 18.4. The lowest BCUT2D eigenvalue weighted by atomic mass is 10.1. The number of aliphatic hydroxyl groups is 1. The van der Waals surface area contributed by atoms with Crippen LogP contribution in [0.25, 0.3) is 0 Å². The van der Waals surface area contributed by atoms with E-state index >= 15 is 0 Å². The van der Waals surface area contributed by atoms with Crippen LogP contribution in [0.4, 0.5) is 0 Å². The summed E-state index contributed by atoms with van der Waals surface area (Å²) in [6, 6.07) is 0. The molecular weight excluding hydrogens is 474 g/mol. The Bertz CT molecular complexity index is 1080. The van der Waals surface area contributed by atoms with Crippen LogP contribution in [-0.2, 0) is 26.9 Å². The van der Waals surface area contributed by atoms with Gasteiger partial charge in [0.2, 0.25) is 0 Å². The van der Waals surface area contributed by atoms with Gasteiger partial charge in [-0.25, -0.2) is 9.13 Å². The number of nitrogens with zero attached hydrogens (tertiary/aromatic N) is 2. The number of hydrogen-bond donors (Lipinski definition) is 6. The third-order valence-corrected chi connectivity index (χ3v) is 4.58. The molecule has 16 heteroatoms. The number of aromatic hydroxyl groups is 1. The van der Waals surface area contributed by atoms with Gasteiger partial charge < -0.3 is 24.5 Å². The van der Waals surface area contributed by atoms with Crippen molar-refractivity contribution in [3.8, 4) is 11.5 Å². The fraction of sp³-hybridized carbons (Fsp3) is 0.250. The lowest BCUT2D eigenvalue weighted by Gasteiger charge is -2.12. The minimum Gasteiger partial charge on any atom is -0.505 e. The third kappa shape index (κ3) is 8.19. The normalized spacial score (nSPS) is 11.3. The molecule has 0 bridgehead atoms. The topological polar surface area (TPSA) is 234 Å². The summed E-state index contributed by atoms with van der Waals surface area (Å²) >= 11 is 0.